The van der Waals surface area contributed by atoms with Crippen molar-refractivity contribution in [1.29, 1.82) is 0 Å². The van der Waals surface area contributed by atoms with Gasteiger partial charge in [0.25, 0.3) is 0 Å². The van der Waals surface area contributed by atoms with Gasteiger partial charge in [-0.1, -0.05) is 76.9 Å². The summed E-state index contributed by atoms with van der Waals surface area (Å²) >= 11 is 14.2. The van der Waals surface area contributed by atoms with Crippen LogP contribution in [0, 0.1) is 27.7 Å². The van der Waals surface area contributed by atoms with E-state index < -0.39 is 0 Å². The Morgan fingerprint density at radius 2 is 1.06 bits per heavy atom. The van der Waals surface area contributed by atoms with Crippen LogP contribution in [0.3, 0.4) is 0 Å². The molecule has 0 fully saturated rings. The van der Waals surface area contributed by atoms with Crippen molar-refractivity contribution in [1.82, 2.24) is 0 Å². The molecule has 0 spiro atoms. The fourth-order valence-corrected chi connectivity index (χ4v) is 6.07. The lowest BCUT2D eigenvalue weighted by Gasteiger charge is -2.30. The molecular formula is C29H36Cl2O2S. The second kappa shape index (κ2) is 9.76. The largest absolute Gasteiger partial charge is 0.385 e. The van der Waals surface area contributed by atoms with Crippen molar-refractivity contribution < 1.29 is 8.58 Å². The quantitative estimate of drug-likeness (QED) is 0.334. The van der Waals surface area contributed by atoms with Gasteiger partial charge in [0.05, 0.1) is 0 Å². The maximum Gasteiger partial charge on any atom is 0.154 e. The summed E-state index contributed by atoms with van der Waals surface area (Å²) in [5, 5.41) is 0. The summed E-state index contributed by atoms with van der Waals surface area (Å²) in [5.41, 5.74) is 7.40. The molecule has 0 atom stereocenters. The van der Waals surface area contributed by atoms with Crippen LogP contribution in [0.25, 0.3) is 0 Å². The number of halogens is 2. The van der Waals surface area contributed by atoms with Crippen LogP contribution in [0.1, 0.15) is 96.2 Å². The predicted octanol–water partition coefficient (Wildman–Crippen LogP) is 9.82. The Morgan fingerprint density at radius 1 is 0.647 bits per heavy atom. The molecule has 0 saturated heterocycles. The standard InChI is InChI=1S/C29H36Cl2O2S/c1-16-11-21(26(32-30)23(13-16)28(5,6)7)25(20-15-18(3)34-19(20)4)22-12-17(2)14-24(27(22)33-31)29(8,9)10/h11-15,25H,1-10H3. The molecule has 0 amide bonds. The lowest BCUT2D eigenvalue weighted by Crippen LogP contribution is -2.17. The lowest BCUT2D eigenvalue weighted by atomic mass is 9.76. The normalized spacial score (nSPS) is 12.4. The lowest BCUT2D eigenvalue weighted by molar-refractivity contribution is 0.522. The summed E-state index contributed by atoms with van der Waals surface area (Å²) in [6.45, 7) is 21.6. The molecule has 0 radical (unpaired) electrons. The van der Waals surface area contributed by atoms with Crippen LogP contribution in [0.2, 0.25) is 0 Å². The van der Waals surface area contributed by atoms with Crippen molar-refractivity contribution in [2.75, 3.05) is 0 Å². The van der Waals surface area contributed by atoms with E-state index in [1.807, 2.05) is 0 Å². The number of hydrogen-bond acceptors (Lipinski definition) is 3. The highest BCUT2D eigenvalue weighted by atomic mass is 35.5. The van der Waals surface area contributed by atoms with E-state index in [1.165, 1.54) is 15.3 Å². The Bertz CT molecular complexity index is 1120. The van der Waals surface area contributed by atoms with E-state index in [2.05, 4.69) is 99.6 Å². The second-order valence-electron chi connectivity index (χ2n) is 11.4. The minimum absolute atomic E-state index is 0.149. The molecule has 184 valence electrons. The Balaban J connectivity index is 2.51. The molecule has 1 aromatic heterocycles. The number of thiophene rings is 1. The van der Waals surface area contributed by atoms with Crippen molar-refractivity contribution in [3.63, 3.8) is 0 Å². The average Bonchev–Trinajstić information content (AvgIpc) is 3.03. The van der Waals surface area contributed by atoms with Gasteiger partial charge in [-0.05, 0) is 50.2 Å². The first-order chi connectivity index (χ1) is 15.7. The fourth-order valence-electron chi connectivity index (χ4n) is 4.76. The minimum atomic E-state index is -0.158. The van der Waals surface area contributed by atoms with Gasteiger partial charge in [-0.25, -0.2) is 0 Å². The highest BCUT2D eigenvalue weighted by molar-refractivity contribution is 7.12. The first-order valence-electron chi connectivity index (χ1n) is 11.6. The zero-order chi connectivity index (χ0) is 25.6. The van der Waals surface area contributed by atoms with E-state index in [-0.39, 0.29) is 16.7 Å². The summed E-state index contributed by atoms with van der Waals surface area (Å²) in [6.07, 6.45) is 0. The molecule has 2 aromatic carbocycles. The van der Waals surface area contributed by atoms with Crippen molar-refractivity contribution in [3.05, 3.63) is 79.0 Å². The van der Waals surface area contributed by atoms with Crippen LogP contribution >= 0.6 is 35.1 Å². The van der Waals surface area contributed by atoms with Crippen LogP contribution in [0.5, 0.6) is 11.5 Å². The molecule has 0 aliphatic carbocycles. The number of rotatable bonds is 5. The van der Waals surface area contributed by atoms with E-state index in [4.69, 9.17) is 32.3 Å². The van der Waals surface area contributed by atoms with Gasteiger partial charge in [0.2, 0.25) is 0 Å². The number of benzene rings is 2. The molecule has 1 heterocycles. The molecular weight excluding hydrogens is 483 g/mol. The fraction of sp³-hybridized carbons (Fsp3) is 0.448. The summed E-state index contributed by atoms with van der Waals surface area (Å²) in [4.78, 5) is 2.51. The van der Waals surface area contributed by atoms with Crippen LogP contribution in [0.15, 0.2) is 30.3 Å². The van der Waals surface area contributed by atoms with Gasteiger partial charge in [0, 0.05) is 37.9 Å². The van der Waals surface area contributed by atoms with Crippen molar-refractivity contribution in [3.8, 4) is 11.5 Å². The van der Waals surface area contributed by atoms with Gasteiger partial charge < -0.3 is 8.58 Å². The van der Waals surface area contributed by atoms with Gasteiger partial charge in [-0.15, -0.1) is 11.3 Å². The van der Waals surface area contributed by atoms with E-state index in [9.17, 15) is 0 Å². The monoisotopic (exact) mass is 518 g/mol. The molecule has 5 heteroatoms. The second-order valence-corrected chi connectivity index (χ2v) is 13.2. The van der Waals surface area contributed by atoms with Crippen molar-refractivity contribution in [2.24, 2.45) is 0 Å². The van der Waals surface area contributed by atoms with Gasteiger partial charge in [-0.3, -0.25) is 0 Å². The average molecular weight is 520 g/mol. The smallest absolute Gasteiger partial charge is 0.154 e. The molecule has 0 N–H and O–H groups in total. The zero-order valence-corrected chi connectivity index (χ0v) is 24.3. The Hall–Kier alpha value is -1.68. The van der Waals surface area contributed by atoms with Crippen molar-refractivity contribution in [2.45, 2.75) is 86.0 Å². The van der Waals surface area contributed by atoms with Crippen LogP contribution in [-0.2, 0) is 10.8 Å². The molecule has 0 aliphatic heterocycles. The zero-order valence-electron chi connectivity index (χ0n) is 21.9. The van der Waals surface area contributed by atoms with Gasteiger partial charge in [-0.2, -0.15) is 0 Å². The highest BCUT2D eigenvalue weighted by Crippen LogP contribution is 2.49. The molecule has 0 bridgehead atoms. The molecule has 3 aromatic rings. The topological polar surface area (TPSA) is 18.5 Å². The first-order valence-corrected chi connectivity index (χ1v) is 13.1. The summed E-state index contributed by atoms with van der Waals surface area (Å²) < 4.78 is 11.3. The summed E-state index contributed by atoms with van der Waals surface area (Å²) in [7, 11) is 0. The third kappa shape index (κ3) is 5.27. The highest BCUT2D eigenvalue weighted by Gasteiger charge is 2.33. The Morgan fingerprint density at radius 3 is 1.35 bits per heavy atom. The minimum Gasteiger partial charge on any atom is -0.385 e. The number of aryl methyl sites for hydroxylation is 4. The third-order valence-corrected chi connectivity index (χ3v) is 7.60. The molecule has 3 rings (SSSR count). The van der Waals surface area contributed by atoms with Crippen LogP contribution in [0.4, 0.5) is 0 Å². The van der Waals surface area contributed by atoms with Crippen LogP contribution in [-0.4, -0.2) is 0 Å². The first kappa shape index (κ1) is 26.9. The molecule has 2 nitrogen and oxygen atoms in total. The third-order valence-electron chi connectivity index (χ3n) is 6.31. The SMILES string of the molecule is Cc1cc(C(c2cc(C)sc2C)c2cc(C)cc(C(C)(C)C)c2OCl)c(OCl)c(C(C)(C)C)c1. The van der Waals surface area contributed by atoms with Crippen molar-refractivity contribution >= 4 is 35.1 Å². The molecule has 0 saturated carbocycles. The predicted molar refractivity (Wildman–Crippen MR) is 147 cm³/mol. The van der Waals surface area contributed by atoms with Gasteiger partial charge >= 0.3 is 0 Å². The van der Waals surface area contributed by atoms with Crippen LogP contribution < -0.4 is 8.58 Å². The summed E-state index contributed by atoms with van der Waals surface area (Å²) in [6, 6.07) is 11.0. The molecule has 34 heavy (non-hydrogen) atoms. The molecule has 0 aliphatic rings. The van der Waals surface area contributed by atoms with E-state index in [0.717, 1.165) is 33.4 Å². The van der Waals surface area contributed by atoms with Gasteiger partial charge in [0.1, 0.15) is 23.7 Å². The summed E-state index contributed by atoms with van der Waals surface area (Å²) in [5.74, 6) is 1.24. The maximum atomic E-state index is 6.21. The number of hydrogen-bond donors (Lipinski definition) is 0. The van der Waals surface area contributed by atoms with Gasteiger partial charge in [0.15, 0.2) is 11.5 Å². The van der Waals surface area contributed by atoms with E-state index in [0.29, 0.717) is 11.5 Å². The maximum absolute atomic E-state index is 6.21. The Labute approximate surface area is 219 Å². The van der Waals surface area contributed by atoms with E-state index >= 15 is 0 Å². The van der Waals surface area contributed by atoms with E-state index in [1.54, 1.807) is 11.3 Å². The molecule has 0 unspecified atom stereocenters. The Kier molecular flexibility index (Phi) is 7.73.